The smallest absolute Gasteiger partial charge is 0.154 e. The van der Waals surface area contributed by atoms with Gasteiger partial charge in [-0.05, 0) is 12.0 Å². The lowest BCUT2D eigenvalue weighted by Gasteiger charge is -2.16. The molecule has 1 aliphatic rings. The van der Waals surface area contributed by atoms with E-state index in [1.54, 1.807) is 10.7 Å². The highest BCUT2D eigenvalue weighted by molar-refractivity contribution is 5.69. The summed E-state index contributed by atoms with van der Waals surface area (Å²) in [5.74, 6) is 1.11. The third-order valence-corrected chi connectivity index (χ3v) is 3.54. The van der Waals surface area contributed by atoms with Crippen molar-refractivity contribution in [1.29, 1.82) is 0 Å². The second-order valence-corrected chi connectivity index (χ2v) is 5.34. The topological polar surface area (TPSA) is 73.9 Å². The Morgan fingerprint density at radius 2 is 1.95 bits per heavy atom. The van der Waals surface area contributed by atoms with Crippen LogP contribution in [-0.4, -0.2) is 50.1 Å². The van der Waals surface area contributed by atoms with Crippen molar-refractivity contribution in [1.82, 2.24) is 14.6 Å². The summed E-state index contributed by atoms with van der Waals surface area (Å²) in [5, 5.41) is 23.8. The normalized spacial score (nSPS) is 23.7. The molecule has 0 spiro atoms. The molecule has 2 N–H and O–H groups in total. The van der Waals surface area contributed by atoms with Crippen molar-refractivity contribution in [3.05, 3.63) is 24.2 Å². The fourth-order valence-corrected chi connectivity index (χ4v) is 2.40. The van der Waals surface area contributed by atoms with E-state index < -0.39 is 12.2 Å². The second kappa shape index (κ2) is 4.47. The quantitative estimate of drug-likeness (QED) is 0.819. The molecular weight excluding hydrogens is 244 g/mol. The van der Waals surface area contributed by atoms with Gasteiger partial charge in [0, 0.05) is 25.5 Å². The predicted octanol–water partition coefficient (Wildman–Crippen LogP) is 0.394. The zero-order valence-electron chi connectivity index (χ0n) is 11.1. The van der Waals surface area contributed by atoms with Gasteiger partial charge in [0.25, 0.3) is 0 Å². The molecule has 3 heterocycles. The predicted molar refractivity (Wildman–Crippen MR) is 71.3 cm³/mol. The Bertz CT molecular complexity index is 585. The molecule has 0 amide bonds. The number of aliphatic hydroxyl groups excluding tert-OH is 2. The van der Waals surface area contributed by atoms with E-state index >= 15 is 0 Å². The van der Waals surface area contributed by atoms with Gasteiger partial charge in [0.2, 0.25) is 0 Å². The highest BCUT2D eigenvalue weighted by atomic mass is 16.3. The van der Waals surface area contributed by atoms with Crippen molar-refractivity contribution in [2.24, 2.45) is 0 Å². The summed E-state index contributed by atoms with van der Waals surface area (Å²) >= 11 is 0. The van der Waals surface area contributed by atoms with Crippen molar-refractivity contribution < 1.29 is 10.2 Å². The van der Waals surface area contributed by atoms with Gasteiger partial charge in [-0.3, -0.25) is 0 Å². The van der Waals surface area contributed by atoms with Crippen molar-refractivity contribution in [2.45, 2.75) is 32.0 Å². The van der Waals surface area contributed by atoms with Crippen LogP contribution in [-0.2, 0) is 0 Å². The Morgan fingerprint density at radius 1 is 1.26 bits per heavy atom. The summed E-state index contributed by atoms with van der Waals surface area (Å²) in [6, 6.07) is 2.02. The highest BCUT2D eigenvalue weighted by Crippen LogP contribution is 2.25. The molecule has 0 aromatic carbocycles. The lowest BCUT2D eigenvalue weighted by atomic mass is 10.1. The van der Waals surface area contributed by atoms with Gasteiger partial charge in [-0.25, -0.2) is 9.50 Å². The van der Waals surface area contributed by atoms with Crippen LogP contribution < -0.4 is 4.90 Å². The van der Waals surface area contributed by atoms with Crippen molar-refractivity contribution in [3.8, 4) is 0 Å². The molecule has 6 nitrogen and oxygen atoms in total. The molecule has 2 atom stereocenters. The average Bonchev–Trinajstić information content (AvgIpc) is 2.93. The summed E-state index contributed by atoms with van der Waals surface area (Å²) in [6.07, 6.45) is 2.08. The minimum atomic E-state index is -0.713. The number of rotatable bonds is 2. The molecule has 0 radical (unpaired) electrons. The molecule has 2 aromatic rings. The first-order chi connectivity index (χ1) is 9.06. The van der Waals surface area contributed by atoms with Crippen LogP contribution in [0.25, 0.3) is 5.52 Å². The monoisotopic (exact) mass is 262 g/mol. The summed E-state index contributed by atoms with van der Waals surface area (Å²) in [7, 11) is 0. The standard InChI is InChI=1S/C13H18N4O2/c1-8(2)9-5-10-13(14-3-4-17(10)15-9)16-6-11(18)12(19)7-16/h3-5,8,11-12,18-19H,6-7H2,1-2H3. The third-order valence-electron chi connectivity index (χ3n) is 3.54. The lowest BCUT2D eigenvalue weighted by Crippen LogP contribution is -2.22. The molecule has 1 fully saturated rings. The van der Waals surface area contributed by atoms with Gasteiger partial charge < -0.3 is 15.1 Å². The Labute approximate surface area is 111 Å². The Kier molecular flexibility index (Phi) is 2.91. The number of anilines is 1. The van der Waals surface area contributed by atoms with E-state index in [9.17, 15) is 10.2 Å². The summed E-state index contributed by atoms with van der Waals surface area (Å²) in [4.78, 5) is 6.27. The Balaban J connectivity index is 2.04. The number of fused-ring (bicyclic) bond motifs is 1. The van der Waals surface area contributed by atoms with E-state index in [2.05, 4.69) is 23.9 Å². The number of β-amino-alcohol motifs (C(OH)–C–C–N with tert-alkyl or cyclic N) is 2. The zero-order valence-corrected chi connectivity index (χ0v) is 11.1. The maximum absolute atomic E-state index is 9.65. The van der Waals surface area contributed by atoms with Crippen LogP contribution in [0.4, 0.5) is 5.82 Å². The molecule has 2 unspecified atom stereocenters. The van der Waals surface area contributed by atoms with Crippen molar-refractivity contribution in [3.63, 3.8) is 0 Å². The van der Waals surface area contributed by atoms with Crippen molar-refractivity contribution >= 4 is 11.3 Å². The highest BCUT2D eigenvalue weighted by Gasteiger charge is 2.31. The Morgan fingerprint density at radius 3 is 2.58 bits per heavy atom. The van der Waals surface area contributed by atoms with Crippen LogP contribution in [0.1, 0.15) is 25.5 Å². The molecule has 2 aromatic heterocycles. The van der Waals surface area contributed by atoms with E-state index in [-0.39, 0.29) is 0 Å². The van der Waals surface area contributed by atoms with Crippen LogP contribution in [0.2, 0.25) is 0 Å². The Hall–Kier alpha value is -1.66. The zero-order chi connectivity index (χ0) is 13.6. The van der Waals surface area contributed by atoms with E-state index in [1.165, 1.54) is 0 Å². The molecule has 1 saturated heterocycles. The van der Waals surface area contributed by atoms with Gasteiger partial charge in [0.1, 0.15) is 5.52 Å². The van der Waals surface area contributed by atoms with E-state index in [0.717, 1.165) is 17.0 Å². The van der Waals surface area contributed by atoms with Crippen LogP contribution in [0.15, 0.2) is 18.5 Å². The molecule has 6 heteroatoms. The third kappa shape index (κ3) is 2.06. The van der Waals surface area contributed by atoms with E-state index in [4.69, 9.17) is 0 Å². The molecule has 3 rings (SSSR count). The molecule has 0 saturated carbocycles. The SMILES string of the molecule is CC(C)c1cc2c(N3CC(O)C(O)C3)nccn2n1. The van der Waals surface area contributed by atoms with Gasteiger partial charge >= 0.3 is 0 Å². The fraction of sp³-hybridized carbons (Fsp3) is 0.538. The maximum Gasteiger partial charge on any atom is 0.154 e. The largest absolute Gasteiger partial charge is 0.389 e. The van der Waals surface area contributed by atoms with Crippen LogP contribution >= 0.6 is 0 Å². The maximum atomic E-state index is 9.65. The number of aliphatic hydroxyl groups is 2. The minimum absolute atomic E-state index is 0.350. The van der Waals surface area contributed by atoms with Gasteiger partial charge in [0.15, 0.2) is 5.82 Å². The summed E-state index contributed by atoms with van der Waals surface area (Å²) in [6.45, 7) is 4.99. The first-order valence-electron chi connectivity index (χ1n) is 6.51. The number of hydrogen-bond donors (Lipinski definition) is 2. The lowest BCUT2D eigenvalue weighted by molar-refractivity contribution is 0.0572. The molecule has 1 aliphatic heterocycles. The minimum Gasteiger partial charge on any atom is -0.389 e. The number of nitrogens with zero attached hydrogens (tertiary/aromatic N) is 4. The average molecular weight is 262 g/mol. The fourth-order valence-electron chi connectivity index (χ4n) is 2.40. The van der Waals surface area contributed by atoms with Crippen molar-refractivity contribution in [2.75, 3.05) is 18.0 Å². The summed E-state index contributed by atoms with van der Waals surface area (Å²) < 4.78 is 1.80. The molecule has 0 bridgehead atoms. The molecule has 0 aliphatic carbocycles. The molecular formula is C13H18N4O2. The van der Waals surface area contributed by atoms with Crippen LogP contribution in [0, 0.1) is 0 Å². The summed E-state index contributed by atoms with van der Waals surface area (Å²) in [5.41, 5.74) is 1.92. The van der Waals surface area contributed by atoms with E-state index in [1.807, 2.05) is 17.2 Å². The number of aromatic nitrogens is 3. The molecule has 102 valence electrons. The van der Waals surface area contributed by atoms with Gasteiger partial charge in [-0.2, -0.15) is 5.10 Å². The van der Waals surface area contributed by atoms with Crippen LogP contribution in [0.5, 0.6) is 0 Å². The molecule has 19 heavy (non-hydrogen) atoms. The number of hydrogen-bond acceptors (Lipinski definition) is 5. The van der Waals surface area contributed by atoms with E-state index in [0.29, 0.717) is 19.0 Å². The van der Waals surface area contributed by atoms with Gasteiger partial charge in [-0.15, -0.1) is 0 Å². The first kappa shape index (κ1) is 12.4. The van der Waals surface area contributed by atoms with Gasteiger partial charge in [-0.1, -0.05) is 13.8 Å². The van der Waals surface area contributed by atoms with Gasteiger partial charge in [0.05, 0.1) is 17.9 Å². The first-order valence-corrected chi connectivity index (χ1v) is 6.51. The van der Waals surface area contributed by atoms with Crippen LogP contribution in [0.3, 0.4) is 0 Å². The second-order valence-electron chi connectivity index (χ2n) is 5.34.